The molecule has 0 aliphatic carbocycles. The highest BCUT2D eigenvalue weighted by Gasteiger charge is 2.18. The fourth-order valence-electron chi connectivity index (χ4n) is 3.14. The van der Waals surface area contributed by atoms with Crippen LogP contribution < -0.4 is 0 Å². The van der Waals surface area contributed by atoms with Gasteiger partial charge in [0.2, 0.25) is 0 Å². The molecule has 0 atom stereocenters. The van der Waals surface area contributed by atoms with Crippen LogP contribution in [0.4, 0.5) is 0 Å². The number of aromatic nitrogens is 5. The van der Waals surface area contributed by atoms with E-state index in [1.165, 1.54) is 19.3 Å². The average Bonchev–Trinajstić information content (AvgIpc) is 3.04. The lowest BCUT2D eigenvalue weighted by Crippen LogP contribution is -2.02. The number of benzene rings is 1. The quantitative estimate of drug-likeness (QED) is 0.634. The summed E-state index contributed by atoms with van der Waals surface area (Å²) in [5.41, 5.74) is 2.99. The SMILES string of the molecule is Cc1nn(-c2ccccc2)c(Cl)c1CSc1nnc2n1CCCCC2. The second-order valence-corrected chi connectivity index (χ2v) is 7.55. The predicted molar refractivity (Wildman–Crippen MR) is 100 cm³/mol. The van der Waals surface area contributed by atoms with Crippen LogP contribution in [0, 0.1) is 6.92 Å². The molecule has 3 aromatic rings. The third kappa shape index (κ3) is 3.33. The molecule has 0 fully saturated rings. The van der Waals surface area contributed by atoms with Gasteiger partial charge in [-0.1, -0.05) is 48.0 Å². The first-order valence-electron chi connectivity index (χ1n) is 8.58. The van der Waals surface area contributed by atoms with Crippen molar-refractivity contribution < 1.29 is 0 Å². The van der Waals surface area contributed by atoms with Gasteiger partial charge in [-0.15, -0.1) is 10.2 Å². The average molecular weight is 374 g/mol. The highest BCUT2D eigenvalue weighted by atomic mass is 35.5. The van der Waals surface area contributed by atoms with Crippen LogP contribution in [0.2, 0.25) is 5.15 Å². The van der Waals surface area contributed by atoms with Crippen LogP contribution in [0.1, 0.15) is 36.3 Å². The molecule has 4 rings (SSSR count). The Morgan fingerprint density at radius 2 is 1.96 bits per heavy atom. The molecule has 25 heavy (non-hydrogen) atoms. The van der Waals surface area contributed by atoms with Crippen molar-refractivity contribution in [2.75, 3.05) is 0 Å². The van der Waals surface area contributed by atoms with Crippen LogP contribution in [-0.2, 0) is 18.7 Å². The minimum absolute atomic E-state index is 0.673. The van der Waals surface area contributed by atoms with Crippen LogP contribution in [-0.4, -0.2) is 24.5 Å². The van der Waals surface area contributed by atoms with Crippen LogP contribution in [0.15, 0.2) is 35.5 Å². The van der Waals surface area contributed by atoms with Crippen molar-refractivity contribution in [1.29, 1.82) is 0 Å². The molecule has 1 aromatic carbocycles. The molecule has 2 aromatic heterocycles. The Bertz CT molecular complexity index is 871. The van der Waals surface area contributed by atoms with Crippen molar-refractivity contribution in [2.24, 2.45) is 0 Å². The number of hydrogen-bond donors (Lipinski definition) is 0. The number of hydrogen-bond acceptors (Lipinski definition) is 4. The van der Waals surface area contributed by atoms with Crippen molar-refractivity contribution >= 4 is 23.4 Å². The lowest BCUT2D eigenvalue weighted by molar-refractivity contribution is 0.591. The van der Waals surface area contributed by atoms with Gasteiger partial charge in [0.05, 0.1) is 11.4 Å². The van der Waals surface area contributed by atoms with E-state index in [1.54, 1.807) is 16.4 Å². The van der Waals surface area contributed by atoms with Crippen molar-refractivity contribution in [3.63, 3.8) is 0 Å². The molecule has 0 amide bonds. The minimum atomic E-state index is 0.673. The molecular weight excluding hydrogens is 354 g/mol. The Labute approximate surface area is 156 Å². The van der Waals surface area contributed by atoms with Crippen molar-refractivity contribution in [2.45, 2.75) is 50.1 Å². The van der Waals surface area contributed by atoms with Crippen molar-refractivity contribution in [1.82, 2.24) is 24.5 Å². The molecule has 5 nitrogen and oxygen atoms in total. The van der Waals surface area contributed by atoms with Gasteiger partial charge < -0.3 is 4.57 Å². The maximum absolute atomic E-state index is 6.62. The molecule has 130 valence electrons. The summed E-state index contributed by atoms with van der Waals surface area (Å²) in [6.45, 7) is 3.02. The van der Waals surface area contributed by atoms with E-state index in [4.69, 9.17) is 11.6 Å². The molecule has 1 aliphatic heterocycles. The van der Waals surface area contributed by atoms with Crippen LogP contribution in [0.3, 0.4) is 0 Å². The summed E-state index contributed by atoms with van der Waals surface area (Å²) in [7, 11) is 0. The Balaban J connectivity index is 1.56. The molecule has 0 unspecified atom stereocenters. The maximum Gasteiger partial charge on any atom is 0.191 e. The number of nitrogens with zero attached hydrogens (tertiary/aromatic N) is 5. The van der Waals surface area contributed by atoms with Crippen molar-refractivity contribution in [3.8, 4) is 5.69 Å². The van der Waals surface area contributed by atoms with E-state index in [9.17, 15) is 0 Å². The van der Waals surface area contributed by atoms with Gasteiger partial charge in [-0.25, -0.2) is 4.68 Å². The van der Waals surface area contributed by atoms with E-state index in [2.05, 4.69) is 19.9 Å². The number of thioether (sulfide) groups is 1. The first kappa shape index (κ1) is 16.7. The van der Waals surface area contributed by atoms with E-state index in [0.717, 1.165) is 46.6 Å². The highest BCUT2D eigenvalue weighted by molar-refractivity contribution is 7.98. The number of halogens is 1. The minimum Gasteiger partial charge on any atom is -0.306 e. The van der Waals surface area contributed by atoms with Gasteiger partial charge in [-0.3, -0.25) is 0 Å². The lowest BCUT2D eigenvalue weighted by Gasteiger charge is -2.06. The molecule has 7 heteroatoms. The predicted octanol–water partition coefficient (Wildman–Crippen LogP) is 4.44. The Hall–Kier alpha value is -1.79. The van der Waals surface area contributed by atoms with E-state index in [-0.39, 0.29) is 0 Å². The van der Waals surface area contributed by atoms with E-state index < -0.39 is 0 Å². The number of aryl methyl sites for hydroxylation is 2. The van der Waals surface area contributed by atoms with Gasteiger partial charge >= 0.3 is 0 Å². The van der Waals surface area contributed by atoms with Crippen LogP contribution >= 0.6 is 23.4 Å². The van der Waals surface area contributed by atoms with E-state index >= 15 is 0 Å². The van der Waals surface area contributed by atoms with Gasteiger partial charge in [0, 0.05) is 24.3 Å². The maximum atomic E-state index is 6.62. The monoisotopic (exact) mass is 373 g/mol. The Morgan fingerprint density at radius 1 is 1.12 bits per heavy atom. The first-order valence-corrected chi connectivity index (χ1v) is 9.94. The van der Waals surface area contributed by atoms with E-state index in [0.29, 0.717) is 5.15 Å². The zero-order valence-corrected chi connectivity index (χ0v) is 15.7. The van der Waals surface area contributed by atoms with E-state index in [1.807, 2.05) is 37.3 Å². The zero-order chi connectivity index (χ0) is 17.2. The molecule has 1 aliphatic rings. The second kappa shape index (κ2) is 7.22. The number of para-hydroxylation sites is 1. The standard InChI is InChI=1S/C18H20ClN5S/c1-13-15(17(19)24(22-13)14-8-4-2-5-9-14)12-25-18-21-20-16-10-6-3-7-11-23(16)18/h2,4-5,8-9H,3,6-7,10-12H2,1H3. The van der Waals surface area contributed by atoms with Gasteiger partial charge in [0.15, 0.2) is 5.16 Å². The Kier molecular flexibility index (Phi) is 4.81. The molecule has 0 N–H and O–H groups in total. The fourth-order valence-corrected chi connectivity index (χ4v) is 4.63. The smallest absolute Gasteiger partial charge is 0.191 e. The largest absolute Gasteiger partial charge is 0.306 e. The Morgan fingerprint density at radius 3 is 2.80 bits per heavy atom. The summed E-state index contributed by atoms with van der Waals surface area (Å²) in [5, 5.41) is 15.0. The molecule has 0 bridgehead atoms. The second-order valence-electron chi connectivity index (χ2n) is 6.25. The van der Waals surface area contributed by atoms with Crippen molar-refractivity contribution in [3.05, 3.63) is 52.6 Å². The van der Waals surface area contributed by atoms with Crippen LogP contribution in [0.25, 0.3) is 5.69 Å². The van der Waals surface area contributed by atoms with Gasteiger partial charge in [0.1, 0.15) is 11.0 Å². The molecule has 0 spiro atoms. The third-order valence-corrected chi connectivity index (χ3v) is 5.93. The van der Waals surface area contributed by atoms with Gasteiger partial charge in [-0.2, -0.15) is 5.10 Å². The van der Waals surface area contributed by atoms with Crippen LogP contribution in [0.5, 0.6) is 0 Å². The highest BCUT2D eigenvalue weighted by Crippen LogP contribution is 2.30. The van der Waals surface area contributed by atoms with Gasteiger partial charge in [-0.05, 0) is 31.9 Å². The summed E-state index contributed by atoms with van der Waals surface area (Å²) in [6.07, 6.45) is 4.70. The molecule has 0 saturated heterocycles. The first-order chi connectivity index (χ1) is 12.2. The topological polar surface area (TPSA) is 48.5 Å². The zero-order valence-electron chi connectivity index (χ0n) is 14.2. The summed E-state index contributed by atoms with van der Waals surface area (Å²) in [5.74, 6) is 1.86. The summed E-state index contributed by atoms with van der Waals surface area (Å²) < 4.78 is 4.07. The normalized spacial score (nSPS) is 14.3. The lowest BCUT2D eigenvalue weighted by atomic mass is 10.2. The summed E-state index contributed by atoms with van der Waals surface area (Å²) in [6, 6.07) is 9.98. The number of fused-ring (bicyclic) bond motifs is 1. The molecular formula is C18H20ClN5S. The fraction of sp³-hybridized carbons (Fsp3) is 0.389. The molecule has 0 saturated carbocycles. The molecule has 3 heterocycles. The number of rotatable bonds is 4. The van der Waals surface area contributed by atoms with Gasteiger partial charge in [0.25, 0.3) is 0 Å². The third-order valence-electron chi connectivity index (χ3n) is 4.54. The summed E-state index contributed by atoms with van der Waals surface area (Å²) in [4.78, 5) is 0. The summed E-state index contributed by atoms with van der Waals surface area (Å²) >= 11 is 8.31. The molecule has 0 radical (unpaired) electrons.